The number of aliphatic hydroxyl groups excluding tert-OH is 2. The molecule has 2 N–H and O–H groups in total. The lowest BCUT2D eigenvalue weighted by molar-refractivity contribution is -0.140. The topological polar surface area (TPSA) is 76.0 Å². The molecule has 0 aromatic rings. The summed E-state index contributed by atoms with van der Waals surface area (Å²) in [6, 6.07) is 0. The van der Waals surface area contributed by atoms with E-state index < -0.39 is 0 Å². The van der Waals surface area contributed by atoms with Crippen LogP contribution in [0.25, 0.3) is 0 Å². The number of halogens is 1. The van der Waals surface area contributed by atoms with E-state index in [9.17, 15) is 9.90 Å². The van der Waals surface area contributed by atoms with Crippen LogP contribution in [0.4, 0.5) is 0 Å². The predicted octanol–water partition coefficient (Wildman–Crippen LogP) is 1.80. The first kappa shape index (κ1) is 17.9. The van der Waals surface area contributed by atoms with Crippen molar-refractivity contribution in [2.75, 3.05) is 13.7 Å². The summed E-state index contributed by atoms with van der Waals surface area (Å²) in [6.07, 6.45) is 7.06. The van der Waals surface area contributed by atoms with Crippen LogP contribution in [0, 0.1) is 11.8 Å². The number of alkyl halides is 1. The molecule has 2 fully saturated rings. The minimum absolute atomic E-state index is 0.000506. The van der Waals surface area contributed by atoms with Crippen LogP contribution in [-0.4, -0.2) is 53.0 Å². The Labute approximate surface area is 139 Å². The van der Waals surface area contributed by atoms with E-state index in [1.54, 1.807) is 6.08 Å². The van der Waals surface area contributed by atoms with Gasteiger partial charge in [0.05, 0.1) is 32.0 Å². The first-order chi connectivity index (χ1) is 10.6. The Balaban J connectivity index is 1.82. The van der Waals surface area contributed by atoms with E-state index in [0.717, 1.165) is 19.3 Å². The number of carbonyl (C=O) groups excluding carboxylic acids is 1. The molecule has 2 aliphatic rings. The van der Waals surface area contributed by atoms with Gasteiger partial charge in [0.1, 0.15) is 0 Å². The number of hydrogen-bond donors (Lipinski definition) is 2. The van der Waals surface area contributed by atoms with Crippen molar-refractivity contribution in [1.82, 2.24) is 0 Å². The molecular weight excluding hydrogens is 352 g/mol. The standard InChI is InChI=1S/C16H25BrO5/c1-21-16(20)6-2-5-12(17)15-8-11-10(4-3-7-18)13(19)9-14(11)22-15/h3-4,10-15,18-19H,2,5-9H2,1H3/b4-3+/t10-,11-,12?,13-,14-,15?/m1/s1. The van der Waals surface area contributed by atoms with E-state index in [1.807, 2.05) is 6.08 Å². The van der Waals surface area contributed by atoms with Crippen molar-refractivity contribution >= 4 is 21.9 Å². The number of fused-ring (bicyclic) bond motifs is 1. The van der Waals surface area contributed by atoms with Crippen molar-refractivity contribution < 1.29 is 24.5 Å². The average Bonchev–Trinajstić information content (AvgIpc) is 3.02. The smallest absolute Gasteiger partial charge is 0.305 e. The van der Waals surface area contributed by atoms with E-state index in [2.05, 4.69) is 20.7 Å². The van der Waals surface area contributed by atoms with E-state index in [4.69, 9.17) is 9.84 Å². The highest BCUT2D eigenvalue weighted by Crippen LogP contribution is 2.45. The van der Waals surface area contributed by atoms with Gasteiger partial charge in [0.15, 0.2) is 0 Å². The second kappa shape index (κ2) is 8.43. The van der Waals surface area contributed by atoms with Crippen LogP contribution < -0.4 is 0 Å². The molecule has 0 aromatic carbocycles. The van der Waals surface area contributed by atoms with Gasteiger partial charge in [0.2, 0.25) is 0 Å². The minimum atomic E-state index is -0.383. The Morgan fingerprint density at radius 1 is 1.50 bits per heavy atom. The molecule has 0 radical (unpaired) electrons. The molecule has 0 aromatic heterocycles. The molecule has 6 heteroatoms. The molecule has 1 saturated heterocycles. The minimum Gasteiger partial charge on any atom is -0.469 e. The molecule has 22 heavy (non-hydrogen) atoms. The molecule has 126 valence electrons. The number of rotatable bonds is 7. The molecule has 1 aliphatic heterocycles. The van der Waals surface area contributed by atoms with Gasteiger partial charge in [-0.05, 0) is 25.2 Å². The molecular formula is C16H25BrO5. The molecule has 0 spiro atoms. The Morgan fingerprint density at radius 2 is 2.27 bits per heavy atom. The van der Waals surface area contributed by atoms with Crippen molar-refractivity contribution in [2.45, 2.75) is 55.2 Å². The molecule has 2 unspecified atom stereocenters. The van der Waals surface area contributed by atoms with E-state index >= 15 is 0 Å². The third-order valence-electron chi connectivity index (χ3n) is 4.70. The predicted molar refractivity (Wildman–Crippen MR) is 85.7 cm³/mol. The second-order valence-electron chi connectivity index (χ2n) is 6.09. The summed E-state index contributed by atoms with van der Waals surface area (Å²) in [6.45, 7) is -0.000506. The number of methoxy groups -OCH3 is 1. The maximum Gasteiger partial charge on any atom is 0.305 e. The van der Waals surface area contributed by atoms with Crippen LogP contribution in [0.2, 0.25) is 0 Å². The Kier molecular flexibility index (Phi) is 6.87. The Hall–Kier alpha value is -0.430. The zero-order chi connectivity index (χ0) is 16.1. The second-order valence-corrected chi connectivity index (χ2v) is 7.26. The summed E-state index contributed by atoms with van der Waals surface area (Å²) in [7, 11) is 1.40. The highest BCUT2D eigenvalue weighted by Gasteiger charge is 2.49. The summed E-state index contributed by atoms with van der Waals surface area (Å²) >= 11 is 3.68. The Bertz CT molecular complexity index is 400. The number of aliphatic hydroxyl groups is 2. The lowest BCUT2D eigenvalue weighted by atomic mass is 9.89. The molecule has 1 saturated carbocycles. The van der Waals surface area contributed by atoms with Gasteiger partial charge >= 0.3 is 5.97 Å². The van der Waals surface area contributed by atoms with Crippen LogP contribution in [0.15, 0.2) is 12.2 Å². The maximum absolute atomic E-state index is 11.1. The summed E-state index contributed by atoms with van der Waals surface area (Å²) in [5.74, 6) is 0.196. The average molecular weight is 377 g/mol. The monoisotopic (exact) mass is 376 g/mol. The fourth-order valence-corrected chi connectivity index (χ4v) is 4.23. The third-order valence-corrected chi connectivity index (χ3v) is 5.75. The third kappa shape index (κ3) is 4.31. The fourth-order valence-electron chi connectivity index (χ4n) is 3.57. The number of hydrogen-bond acceptors (Lipinski definition) is 5. The molecule has 2 rings (SSSR count). The normalized spacial score (nSPS) is 35.7. The quantitative estimate of drug-likeness (QED) is 0.402. The van der Waals surface area contributed by atoms with Crippen LogP contribution in [0.5, 0.6) is 0 Å². The van der Waals surface area contributed by atoms with Crippen LogP contribution in [-0.2, 0) is 14.3 Å². The van der Waals surface area contributed by atoms with Gasteiger partial charge in [0, 0.05) is 23.6 Å². The van der Waals surface area contributed by atoms with Gasteiger partial charge in [-0.1, -0.05) is 28.1 Å². The van der Waals surface area contributed by atoms with E-state index in [-0.39, 0.29) is 41.6 Å². The zero-order valence-electron chi connectivity index (χ0n) is 12.9. The summed E-state index contributed by atoms with van der Waals surface area (Å²) < 4.78 is 10.7. The van der Waals surface area contributed by atoms with Gasteiger partial charge in [-0.2, -0.15) is 0 Å². The largest absolute Gasteiger partial charge is 0.469 e. The highest BCUT2D eigenvalue weighted by atomic mass is 79.9. The molecule has 6 atom stereocenters. The van der Waals surface area contributed by atoms with Crippen molar-refractivity contribution in [1.29, 1.82) is 0 Å². The molecule has 1 aliphatic carbocycles. The van der Waals surface area contributed by atoms with Crippen LogP contribution >= 0.6 is 15.9 Å². The van der Waals surface area contributed by atoms with Crippen molar-refractivity contribution in [2.24, 2.45) is 11.8 Å². The Morgan fingerprint density at radius 3 is 2.95 bits per heavy atom. The SMILES string of the molecule is COC(=O)CCCC(Br)C1C[C@@H]2[C@@H](/C=C/CO)[C@H](O)C[C@H]2O1. The number of esters is 1. The lowest BCUT2D eigenvalue weighted by Crippen LogP contribution is -2.24. The van der Waals surface area contributed by atoms with Gasteiger partial charge in [-0.15, -0.1) is 0 Å². The van der Waals surface area contributed by atoms with Gasteiger partial charge in [-0.3, -0.25) is 4.79 Å². The van der Waals surface area contributed by atoms with Crippen LogP contribution in [0.3, 0.4) is 0 Å². The first-order valence-corrected chi connectivity index (χ1v) is 8.80. The zero-order valence-corrected chi connectivity index (χ0v) is 14.4. The van der Waals surface area contributed by atoms with Crippen molar-refractivity contribution in [3.05, 3.63) is 12.2 Å². The number of ether oxygens (including phenoxy) is 2. The van der Waals surface area contributed by atoms with Gasteiger partial charge in [0.25, 0.3) is 0 Å². The van der Waals surface area contributed by atoms with Crippen molar-refractivity contribution in [3.63, 3.8) is 0 Å². The highest BCUT2D eigenvalue weighted by molar-refractivity contribution is 9.09. The van der Waals surface area contributed by atoms with E-state index in [0.29, 0.717) is 18.8 Å². The molecule has 0 amide bonds. The first-order valence-electron chi connectivity index (χ1n) is 7.88. The molecule has 1 heterocycles. The summed E-state index contributed by atoms with van der Waals surface area (Å²) in [5, 5.41) is 19.0. The number of carbonyl (C=O) groups is 1. The van der Waals surface area contributed by atoms with Crippen LogP contribution in [0.1, 0.15) is 32.1 Å². The summed E-state index contributed by atoms with van der Waals surface area (Å²) in [4.78, 5) is 11.3. The summed E-state index contributed by atoms with van der Waals surface area (Å²) in [5.41, 5.74) is 0. The fraction of sp³-hybridized carbons (Fsp3) is 0.812. The van der Waals surface area contributed by atoms with Crippen molar-refractivity contribution in [3.8, 4) is 0 Å². The molecule has 0 bridgehead atoms. The molecule has 5 nitrogen and oxygen atoms in total. The van der Waals surface area contributed by atoms with Gasteiger partial charge < -0.3 is 19.7 Å². The maximum atomic E-state index is 11.1. The van der Waals surface area contributed by atoms with Gasteiger partial charge in [-0.25, -0.2) is 0 Å². The van der Waals surface area contributed by atoms with E-state index in [1.165, 1.54) is 7.11 Å². The lowest BCUT2D eigenvalue weighted by Gasteiger charge is -2.20.